The van der Waals surface area contributed by atoms with Crippen molar-refractivity contribution in [2.75, 3.05) is 12.4 Å². The molecule has 27 heavy (non-hydrogen) atoms. The second-order valence-corrected chi connectivity index (χ2v) is 7.81. The molecule has 3 aliphatic rings. The molecular formula is C19H25NO7. The van der Waals surface area contributed by atoms with Crippen LogP contribution < -0.4 is 10.1 Å². The summed E-state index contributed by atoms with van der Waals surface area (Å²) >= 11 is 0. The van der Waals surface area contributed by atoms with Crippen molar-refractivity contribution in [1.29, 1.82) is 0 Å². The number of ether oxygens (including phenoxy) is 6. The van der Waals surface area contributed by atoms with E-state index < -0.39 is 42.3 Å². The number of nitrogens with one attached hydrogen (secondary N) is 1. The quantitative estimate of drug-likeness (QED) is 0.860. The predicted octanol–water partition coefficient (Wildman–Crippen LogP) is 2.03. The van der Waals surface area contributed by atoms with E-state index in [1.54, 1.807) is 59.1 Å². The van der Waals surface area contributed by atoms with Crippen LogP contribution in [0.5, 0.6) is 5.75 Å². The zero-order chi connectivity index (χ0) is 19.4. The second kappa shape index (κ2) is 6.42. The summed E-state index contributed by atoms with van der Waals surface area (Å²) in [5, 5.41) is 2.85. The standard InChI is InChI=1S/C19H25NO7/c1-18(2)24-12-13(25-18)15-17(27-19(3,4)26-15)23-14(12)16(21)20-10-7-6-8-11(9-10)22-5/h6-9,12-15,17H,1-5H3,(H,20,21)/t12-,13-,14-,15-,17+/m1/s1. The Morgan fingerprint density at radius 3 is 2.41 bits per heavy atom. The van der Waals surface area contributed by atoms with Gasteiger partial charge >= 0.3 is 0 Å². The molecule has 8 heteroatoms. The van der Waals surface area contributed by atoms with Crippen LogP contribution in [0.25, 0.3) is 0 Å². The molecule has 1 aromatic rings. The fourth-order valence-electron chi connectivity index (χ4n) is 3.74. The van der Waals surface area contributed by atoms with Gasteiger partial charge in [0.15, 0.2) is 24.0 Å². The van der Waals surface area contributed by atoms with Gasteiger partial charge in [0.25, 0.3) is 5.91 Å². The molecule has 148 valence electrons. The van der Waals surface area contributed by atoms with Gasteiger partial charge in [-0.25, -0.2) is 0 Å². The summed E-state index contributed by atoms with van der Waals surface area (Å²) in [7, 11) is 1.57. The fourth-order valence-corrected chi connectivity index (χ4v) is 3.74. The molecule has 0 aromatic heterocycles. The van der Waals surface area contributed by atoms with Gasteiger partial charge in [-0.2, -0.15) is 0 Å². The lowest BCUT2D eigenvalue weighted by molar-refractivity contribution is -0.229. The number of methoxy groups -OCH3 is 1. The monoisotopic (exact) mass is 379 g/mol. The first-order chi connectivity index (χ1) is 12.7. The molecule has 1 N–H and O–H groups in total. The highest BCUT2D eigenvalue weighted by atomic mass is 16.9. The Morgan fingerprint density at radius 1 is 1.00 bits per heavy atom. The Hall–Kier alpha value is -1.71. The van der Waals surface area contributed by atoms with Crippen LogP contribution in [0.2, 0.25) is 0 Å². The van der Waals surface area contributed by atoms with E-state index in [9.17, 15) is 4.79 Å². The Kier molecular flexibility index (Phi) is 4.44. The lowest BCUT2D eigenvalue weighted by Crippen LogP contribution is -2.58. The van der Waals surface area contributed by atoms with E-state index in [1.807, 2.05) is 0 Å². The third-order valence-corrected chi connectivity index (χ3v) is 4.75. The summed E-state index contributed by atoms with van der Waals surface area (Å²) in [5.74, 6) is -1.37. The molecule has 8 nitrogen and oxygen atoms in total. The molecule has 3 saturated heterocycles. The first-order valence-corrected chi connectivity index (χ1v) is 8.99. The van der Waals surface area contributed by atoms with Crippen LogP contribution in [-0.4, -0.2) is 55.3 Å². The van der Waals surface area contributed by atoms with Crippen LogP contribution >= 0.6 is 0 Å². The Morgan fingerprint density at radius 2 is 1.67 bits per heavy atom. The van der Waals surface area contributed by atoms with Crippen LogP contribution in [0.3, 0.4) is 0 Å². The second-order valence-electron chi connectivity index (χ2n) is 7.81. The van der Waals surface area contributed by atoms with Crippen LogP contribution in [0.4, 0.5) is 5.69 Å². The van der Waals surface area contributed by atoms with E-state index in [-0.39, 0.29) is 5.91 Å². The molecule has 4 rings (SSSR count). The minimum Gasteiger partial charge on any atom is -0.497 e. The molecule has 0 radical (unpaired) electrons. The third kappa shape index (κ3) is 3.55. The van der Waals surface area contributed by atoms with Crippen molar-refractivity contribution in [3.63, 3.8) is 0 Å². The average Bonchev–Trinajstić information content (AvgIpc) is 3.08. The van der Waals surface area contributed by atoms with Gasteiger partial charge < -0.3 is 33.7 Å². The van der Waals surface area contributed by atoms with Crippen molar-refractivity contribution in [3.05, 3.63) is 24.3 Å². The maximum atomic E-state index is 13.0. The van der Waals surface area contributed by atoms with E-state index in [0.717, 1.165) is 0 Å². The van der Waals surface area contributed by atoms with Gasteiger partial charge in [-0.3, -0.25) is 4.79 Å². The van der Waals surface area contributed by atoms with E-state index in [2.05, 4.69) is 5.32 Å². The molecule has 3 heterocycles. The molecular weight excluding hydrogens is 354 g/mol. The molecule has 0 saturated carbocycles. The average molecular weight is 379 g/mol. The number of rotatable bonds is 3. The van der Waals surface area contributed by atoms with Crippen molar-refractivity contribution >= 4 is 11.6 Å². The maximum Gasteiger partial charge on any atom is 0.256 e. The minimum atomic E-state index is -0.901. The summed E-state index contributed by atoms with van der Waals surface area (Å²) in [5.41, 5.74) is 0.601. The lowest BCUT2D eigenvalue weighted by Gasteiger charge is -2.36. The number of carbonyl (C=O) groups is 1. The number of benzene rings is 1. The topological polar surface area (TPSA) is 84.5 Å². The Balaban J connectivity index is 1.57. The van der Waals surface area contributed by atoms with E-state index in [4.69, 9.17) is 28.4 Å². The largest absolute Gasteiger partial charge is 0.497 e. The van der Waals surface area contributed by atoms with E-state index in [1.165, 1.54) is 0 Å². The van der Waals surface area contributed by atoms with Gasteiger partial charge in [0.1, 0.15) is 24.1 Å². The number of hydrogen-bond donors (Lipinski definition) is 1. The number of hydrogen-bond acceptors (Lipinski definition) is 7. The minimum absolute atomic E-state index is 0.341. The van der Waals surface area contributed by atoms with Crippen LogP contribution in [0, 0.1) is 0 Å². The molecule has 0 spiro atoms. The first kappa shape index (κ1) is 18.6. The van der Waals surface area contributed by atoms with Crippen LogP contribution in [0.1, 0.15) is 27.7 Å². The Labute approximate surface area is 158 Å². The number of carbonyl (C=O) groups excluding carboxylic acids is 1. The highest BCUT2D eigenvalue weighted by Gasteiger charge is 2.62. The van der Waals surface area contributed by atoms with Gasteiger partial charge in [0.2, 0.25) is 0 Å². The van der Waals surface area contributed by atoms with Crippen molar-refractivity contribution in [2.45, 2.75) is 70.0 Å². The third-order valence-electron chi connectivity index (χ3n) is 4.75. The van der Waals surface area contributed by atoms with Crippen molar-refractivity contribution < 1.29 is 33.2 Å². The molecule has 1 amide bonds. The first-order valence-electron chi connectivity index (χ1n) is 8.99. The van der Waals surface area contributed by atoms with Crippen LogP contribution in [-0.2, 0) is 28.5 Å². The van der Waals surface area contributed by atoms with Gasteiger partial charge in [-0.1, -0.05) is 6.07 Å². The molecule has 5 atom stereocenters. The molecule has 3 fully saturated rings. The van der Waals surface area contributed by atoms with Gasteiger partial charge in [-0.05, 0) is 39.8 Å². The molecule has 0 bridgehead atoms. The SMILES string of the molecule is COc1cccc(NC(=O)[C@@H]2O[C@H]3OC(C)(C)O[C@@H]3[C@@H]3OC(C)(C)O[C@H]32)c1. The number of amides is 1. The predicted molar refractivity (Wildman–Crippen MR) is 94.1 cm³/mol. The number of fused-ring (bicyclic) bond motifs is 3. The zero-order valence-corrected chi connectivity index (χ0v) is 16.1. The summed E-state index contributed by atoms with van der Waals surface area (Å²) in [6.45, 7) is 7.21. The zero-order valence-electron chi connectivity index (χ0n) is 16.1. The summed E-state index contributed by atoms with van der Waals surface area (Å²) in [6.07, 6.45) is -3.15. The molecule has 1 aromatic carbocycles. The van der Waals surface area contributed by atoms with Crippen molar-refractivity contribution in [3.8, 4) is 5.75 Å². The van der Waals surface area contributed by atoms with Crippen molar-refractivity contribution in [2.24, 2.45) is 0 Å². The van der Waals surface area contributed by atoms with Gasteiger partial charge in [0, 0.05) is 11.8 Å². The highest BCUT2D eigenvalue weighted by Crippen LogP contribution is 2.44. The number of anilines is 1. The van der Waals surface area contributed by atoms with Gasteiger partial charge in [0.05, 0.1) is 7.11 Å². The summed E-state index contributed by atoms with van der Waals surface area (Å²) in [6, 6.07) is 7.10. The normalized spacial score (nSPS) is 36.0. The molecule has 0 aliphatic carbocycles. The Bertz CT molecular complexity index is 735. The smallest absolute Gasteiger partial charge is 0.256 e. The maximum absolute atomic E-state index is 13.0. The fraction of sp³-hybridized carbons (Fsp3) is 0.632. The van der Waals surface area contributed by atoms with E-state index >= 15 is 0 Å². The van der Waals surface area contributed by atoms with E-state index in [0.29, 0.717) is 11.4 Å². The van der Waals surface area contributed by atoms with Crippen molar-refractivity contribution in [1.82, 2.24) is 0 Å². The summed E-state index contributed by atoms with van der Waals surface area (Å²) in [4.78, 5) is 13.0. The highest BCUT2D eigenvalue weighted by molar-refractivity contribution is 5.95. The lowest BCUT2D eigenvalue weighted by atomic mass is 9.98. The molecule has 3 aliphatic heterocycles. The van der Waals surface area contributed by atoms with Gasteiger partial charge in [-0.15, -0.1) is 0 Å². The summed E-state index contributed by atoms with van der Waals surface area (Å²) < 4.78 is 34.9. The molecule has 0 unspecified atom stereocenters. The van der Waals surface area contributed by atoms with Crippen LogP contribution in [0.15, 0.2) is 24.3 Å².